The third-order valence-corrected chi connectivity index (χ3v) is 2.94. The topological polar surface area (TPSA) is 34.1 Å². The lowest BCUT2D eigenvalue weighted by atomic mass is 10.3. The molecule has 0 bridgehead atoms. The van der Waals surface area contributed by atoms with Crippen LogP contribution in [-0.4, -0.2) is 11.5 Å². The molecule has 2 aromatic rings. The van der Waals surface area contributed by atoms with Crippen LogP contribution < -0.4 is 10.1 Å². The van der Waals surface area contributed by atoms with Crippen molar-refractivity contribution in [2.45, 2.75) is 19.9 Å². The van der Waals surface area contributed by atoms with Gasteiger partial charge in [-0.2, -0.15) is 0 Å². The lowest BCUT2D eigenvalue weighted by molar-refractivity contribution is 0.425. The molecule has 106 valence electrons. The van der Waals surface area contributed by atoms with Crippen molar-refractivity contribution in [3.05, 3.63) is 52.9 Å². The molecule has 1 aromatic carbocycles. The van der Waals surface area contributed by atoms with E-state index in [9.17, 15) is 4.39 Å². The molecule has 0 amide bonds. The first kappa shape index (κ1) is 14.8. The van der Waals surface area contributed by atoms with Gasteiger partial charge in [0.15, 0.2) is 11.6 Å². The SMILES string of the molecule is CCCNCc1cccc(Oc2cccc(Cl)c2F)n1. The molecule has 1 heterocycles. The van der Waals surface area contributed by atoms with Crippen LogP contribution in [0, 0.1) is 5.82 Å². The summed E-state index contributed by atoms with van der Waals surface area (Å²) in [6, 6.07) is 10.0. The van der Waals surface area contributed by atoms with Gasteiger partial charge in [-0.05, 0) is 31.2 Å². The summed E-state index contributed by atoms with van der Waals surface area (Å²) in [5.41, 5.74) is 0.846. The zero-order chi connectivity index (χ0) is 14.4. The van der Waals surface area contributed by atoms with Crippen molar-refractivity contribution < 1.29 is 9.13 Å². The molecule has 0 aliphatic carbocycles. The van der Waals surface area contributed by atoms with Crippen molar-refractivity contribution in [2.24, 2.45) is 0 Å². The van der Waals surface area contributed by atoms with Crippen LogP contribution in [0.25, 0.3) is 0 Å². The second-order valence-corrected chi connectivity index (χ2v) is 4.71. The second kappa shape index (κ2) is 7.22. The van der Waals surface area contributed by atoms with E-state index < -0.39 is 5.82 Å². The fourth-order valence-corrected chi connectivity index (χ4v) is 1.85. The summed E-state index contributed by atoms with van der Waals surface area (Å²) in [5, 5.41) is 3.28. The van der Waals surface area contributed by atoms with E-state index in [0.29, 0.717) is 12.4 Å². The molecule has 5 heteroatoms. The molecule has 0 spiro atoms. The van der Waals surface area contributed by atoms with Gasteiger partial charge in [-0.15, -0.1) is 0 Å². The molecular formula is C15H16ClFN2O. The fourth-order valence-electron chi connectivity index (χ4n) is 1.68. The first-order valence-electron chi connectivity index (χ1n) is 6.49. The number of benzene rings is 1. The lowest BCUT2D eigenvalue weighted by Gasteiger charge is -2.08. The highest BCUT2D eigenvalue weighted by atomic mass is 35.5. The fraction of sp³-hybridized carbons (Fsp3) is 0.267. The Morgan fingerprint density at radius 3 is 2.85 bits per heavy atom. The molecule has 0 aliphatic heterocycles. The molecule has 0 saturated heterocycles. The molecule has 0 fully saturated rings. The molecule has 3 nitrogen and oxygen atoms in total. The Labute approximate surface area is 122 Å². The number of halogens is 2. The largest absolute Gasteiger partial charge is 0.436 e. The summed E-state index contributed by atoms with van der Waals surface area (Å²) < 4.78 is 19.2. The van der Waals surface area contributed by atoms with Gasteiger partial charge in [0.05, 0.1) is 10.7 Å². The lowest BCUT2D eigenvalue weighted by Crippen LogP contribution is -2.14. The monoisotopic (exact) mass is 294 g/mol. The van der Waals surface area contributed by atoms with Crippen molar-refractivity contribution >= 4 is 11.6 Å². The summed E-state index contributed by atoms with van der Waals surface area (Å²) in [4.78, 5) is 4.32. The van der Waals surface area contributed by atoms with Crippen LogP contribution in [0.15, 0.2) is 36.4 Å². The zero-order valence-electron chi connectivity index (χ0n) is 11.2. The van der Waals surface area contributed by atoms with Gasteiger partial charge in [-0.1, -0.05) is 30.7 Å². The predicted molar refractivity (Wildman–Crippen MR) is 77.7 cm³/mol. The van der Waals surface area contributed by atoms with E-state index in [1.807, 2.05) is 12.1 Å². The molecular weight excluding hydrogens is 279 g/mol. The Bertz CT molecular complexity index is 578. The van der Waals surface area contributed by atoms with E-state index in [1.165, 1.54) is 12.1 Å². The Balaban J connectivity index is 2.09. The maximum absolute atomic E-state index is 13.7. The summed E-state index contributed by atoms with van der Waals surface area (Å²) in [7, 11) is 0. The quantitative estimate of drug-likeness (QED) is 0.812. The Hall–Kier alpha value is -1.65. The van der Waals surface area contributed by atoms with Gasteiger partial charge in [0.2, 0.25) is 5.88 Å². The van der Waals surface area contributed by atoms with Crippen molar-refractivity contribution in [1.29, 1.82) is 0 Å². The van der Waals surface area contributed by atoms with Crippen LogP contribution in [-0.2, 0) is 6.54 Å². The third-order valence-electron chi connectivity index (χ3n) is 2.64. The van der Waals surface area contributed by atoms with Gasteiger partial charge < -0.3 is 10.1 Å². The standard InChI is InChI=1S/C15H16ClFN2O/c1-2-9-18-10-11-5-3-8-14(19-11)20-13-7-4-6-12(16)15(13)17/h3-8,18H,2,9-10H2,1H3. The van der Waals surface area contributed by atoms with Crippen molar-refractivity contribution in [2.75, 3.05) is 6.54 Å². The molecule has 0 radical (unpaired) electrons. The average Bonchev–Trinajstić information content (AvgIpc) is 2.45. The smallest absolute Gasteiger partial charge is 0.219 e. The van der Waals surface area contributed by atoms with Gasteiger partial charge in [-0.25, -0.2) is 9.37 Å². The van der Waals surface area contributed by atoms with Gasteiger partial charge in [0.1, 0.15) is 0 Å². The molecule has 0 atom stereocenters. The summed E-state index contributed by atoms with van der Waals surface area (Å²) in [6.07, 6.45) is 1.06. The van der Waals surface area contributed by atoms with Crippen molar-refractivity contribution in [1.82, 2.24) is 10.3 Å². The van der Waals surface area contributed by atoms with Crippen molar-refractivity contribution in [3.8, 4) is 11.6 Å². The van der Waals surface area contributed by atoms with Crippen LogP contribution in [0.4, 0.5) is 4.39 Å². The minimum absolute atomic E-state index is 0.0308. The summed E-state index contributed by atoms with van der Waals surface area (Å²) in [5.74, 6) is -0.156. The average molecular weight is 295 g/mol. The van der Waals surface area contributed by atoms with E-state index in [4.69, 9.17) is 16.3 Å². The van der Waals surface area contributed by atoms with Crippen LogP contribution in [0.1, 0.15) is 19.0 Å². The highest BCUT2D eigenvalue weighted by molar-refractivity contribution is 6.30. The second-order valence-electron chi connectivity index (χ2n) is 4.30. The van der Waals surface area contributed by atoms with Crippen LogP contribution >= 0.6 is 11.6 Å². The molecule has 0 unspecified atom stereocenters. The Kier molecular flexibility index (Phi) is 5.32. The summed E-state index contributed by atoms with van der Waals surface area (Å²) in [6.45, 7) is 3.68. The molecule has 0 saturated carbocycles. The Morgan fingerprint density at radius 1 is 1.25 bits per heavy atom. The van der Waals surface area contributed by atoms with Crippen LogP contribution in [0.5, 0.6) is 11.6 Å². The Morgan fingerprint density at radius 2 is 2.05 bits per heavy atom. The molecule has 2 rings (SSSR count). The van der Waals surface area contributed by atoms with E-state index in [2.05, 4.69) is 17.2 Å². The first-order valence-corrected chi connectivity index (χ1v) is 6.87. The van der Waals surface area contributed by atoms with E-state index in [1.54, 1.807) is 12.1 Å². The van der Waals surface area contributed by atoms with E-state index in [-0.39, 0.29) is 10.8 Å². The number of pyridine rings is 1. The number of nitrogens with zero attached hydrogens (tertiary/aromatic N) is 1. The number of nitrogens with one attached hydrogen (secondary N) is 1. The molecule has 1 aromatic heterocycles. The van der Waals surface area contributed by atoms with E-state index >= 15 is 0 Å². The van der Waals surface area contributed by atoms with Gasteiger partial charge >= 0.3 is 0 Å². The number of aromatic nitrogens is 1. The zero-order valence-corrected chi connectivity index (χ0v) is 12.0. The van der Waals surface area contributed by atoms with Gasteiger partial charge in [-0.3, -0.25) is 0 Å². The third kappa shape index (κ3) is 3.92. The minimum atomic E-state index is -0.578. The summed E-state index contributed by atoms with van der Waals surface area (Å²) >= 11 is 5.71. The molecule has 20 heavy (non-hydrogen) atoms. The highest BCUT2D eigenvalue weighted by Gasteiger charge is 2.09. The number of rotatable bonds is 6. The van der Waals surface area contributed by atoms with E-state index in [0.717, 1.165) is 18.7 Å². The maximum Gasteiger partial charge on any atom is 0.219 e. The normalized spacial score (nSPS) is 10.6. The van der Waals surface area contributed by atoms with Crippen LogP contribution in [0.3, 0.4) is 0 Å². The molecule has 0 aliphatic rings. The highest BCUT2D eigenvalue weighted by Crippen LogP contribution is 2.27. The number of hydrogen-bond acceptors (Lipinski definition) is 3. The van der Waals surface area contributed by atoms with Crippen LogP contribution in [0.2, 0.25) is 5.02 Å². The van der Waals surface area contributed by atoms with Gasteiger partial charge in [0.25, 0.3) is 0 Å². The van der Waals surface area contributed by atoms with Gasteiger partial charge in [0, 0.05) is 12.6 Å². The predicted octanol–water partition coefficient (Wildman–Crippen LogP) is 4.17. The number of ether oxygens (including phenoxy) is 1. The maximum atomic E-state index is 13.7. The number of hydrogen-bond donors (Lipinski definition) is 1. The minimum Gasteiger partial charge on any atom is -0.436 e. The molecule has 1 N–H and O–H groups in total. The van der Waals surface area contributed by atoms with Crippen molar-refractivity contribution in [3.63, 3.8) is 0 Å². The first-order chi connectivity index (χ1) is 9.70.